The molecular formula is C47H27NO3. The summed E-state index contributed by atoms with van der Waals surface area (Å²) >= 11 is 0. The summed E-state index contributed by atoms with van der Waals surface area (Å²) in [7, 11) is 0. The predicted octanol–water partition coefficient (Wildman–Crippen LogP) is 13.3. The van der Waals surface area contributed by atoms with Crippen LogP contribution in [0.1, 0.15) is 0 Å². The van der Waals surface area contributed by atoms with Gasteiger partial charge in [0.25, 0.3) is 0 Å². The van der Waals surface area contributed by atoms with E-state index in [2.05, 4.69) is 127 Å². The molecule has 0 bridgehead atoms. The predicted molar refractivity (Wildman–Crippen MR) is 207 cm³/mol. The van der Waals surface area contributed by atoms with Crippen molar-refractivity contribution in [2.75, 3.05) is 0 Å². The molecule has 4 nitrogen and oxygen atoms in total. The Morgan fingerprint density at radius 1 is 0.353 bits per heavy atom. The smallest absolute Gasteiger partial charge is 0.170 e. The van der Waals surface area contributed by atoms with Gasteiger partial charge in [0.2, 0.25) is 0 Å². The van der Waals surface area contributed by atoms with Crippen LogP contribution in [0.2, 0.25) is 0 Å². The van der Waals surface area contributed by atoms with Gasteiger partial charge >= 0.3 is 0 Å². The molecule has 1 aliphatic rings. The molecule has 0 saturated heterocycles. The number of pyridine rings is 1. The molecule has 0 unspecified atom stereocenters. The maximum Gasteiger partial charge on any atom is 0.170 e. The van der Waals surface area contributed by atoms with E-state index in [0.717, 1.165) is 72.2 Å². The number of fused-ring (bicyclic) bond motifs is 8. The molecule has 0 spiro atoms. The number of benzene rings is 8. The Morgan fingerprint density at radius 3 is 1.59 bits per heavy atom. The summed E-state index contributed by atoms with van der Waals surface area (Å²) < 4.78 is 18.8. The lowest BCUT2D eigenvalue weighted by molar-refractivity contribution is 0.360. The average molecular weight is 654 g/mol. The van der Waals surface area contributed by atoms with Crippen LogP contribution in [0.4, 0.5) is 0 Å². The summed E-state index contributed by atoms with van der Waals surface area (Å²) in [6.07, 6.45) is 2.01. The Labute approximate surface area is 292 Å². The number of hydrogen-bond donors (Lipinski definition) is 0. The number of nitrogens with zero attached hydrogens (tertiary/aromatic N) is 1. The van der Waals surface area contributed by atoms with Crippen molar-refractivity contribution < 1.29 is 13.9 Å². The van der Waals surface area contributed by atoms with Gasteiger partial charge < -0.3 is 13.9 Å². The van der Waals surface area contributed by atoms with Gasteiger partial charge in [-0.2, -0.15) is 0 Å². The van der Waals surface area contributed by atoms with Crippen molar-refractivity contribution in [1.29, 1.82) is 0 Å². The molecule has 0 saturated carbocycles. The molecule has 11 rings (SSSR count). The monoisotopic (exact) mass is 653 g/mol. The Bertz CT molecular complexity index is 2970. The minimum Gasteiger partial charge on any atom is -0.456 e. The fraction of sp³-hybridized carbons (Fsp3) is 0. The van der Waals surface area contributed by atoms with Crippen LogP contribution in [0, 0.1) is 0 Å². The van der Waals surface area contributed by atoms with Crippen molar-refractivity contribution in [1.82, 2.24) is 4.98 Å². The summed E-state index contributed by atoms with van der Waals surface area (Å²) in [5, 5.41) is 9.24. The van der Waals surface area contributed by atoms with Gasteiger partial charge in [-0.3, -0.25) is 4.98 Å². The third kappa shape index (κ3) is 4.37. The van der Waals surface area contributed by atoms with Gasteiger partial charge in [-0.25, -0.2) is 0 Å². The molecule has 3 heterocycles. The molecule has 0 aliphatic carbocycles. The summed E-state index contributed by atoms with van der Waals surface area (Å²) in [5.41, 5.74) is 8.20. The standard InChI is InChI=1S/C47H27NO3/c1-2-10-29-25-44-38(23-28(29)9-1)37-24-30(18-21-40(37)49-44)39-20-17-32(27-48-39)47-35-13-5-3-11-33(35)46(34-12-4-6-14-36(34)47)31-19-22-43-45(26-31)51-42-16-8-7-15-41(42)50-43/h1-27H. The van der Waals surface area contributed by atoms with E-state index in [9.17, 15) is 0 Å². The molecule has 0 atom stereocenters. The maximum atomic E-state index is 6.32. The summed E-state index contributed by atoms with van der Waals surface area (Å²) in [6, 6.07) is 54.7. The first-order valence-corrected chi connectivity index (χ1v) is 17.1. The number of para-hydroxylation sites is 2. The zero-order valence-electron chi connectivity index (χ0n) is 27.3. The van der Waals surface area contributed by atoms with Crippen LogP contribution in [0.25, 0.3) is 87.8 Å². The van der Waals surface area contributed by atoms with Gasteiger partial charge in [0.15, 0.2) is 23.0 Å². The lowest BCUT2D eigenvalue weighted by Gasteiger charge is -2.22. The van der Waals surface area contributed by atoms with E-state index < -0.39 is 0 Å². The first-order chi connectivity index (χ1) is 25.2. The Kier molecular flexibility index (Phi) is 5.92. The highest BCUT2D eigenvalue weighted by atomic mass is 16.6. The molecule has 8 aromatic carbocycles. The number of aromatic nitrogens is 1. The third-order valence-electron chi connectivity index (χ3n) is 10.1. The normalized spacial score (nSPS) is 12.2. The van der Waals surface area contributed by atoms with E-state index in [-0.39, 0.29) is 0 Å². The van der Waals surface area contributed by atoms with Crippen LogP contribution in [0.3, 0.4) is 0 Å². The highest BCUT2D eigenvalue weighted by Crippen LogP contribution is 2.49. The maximum absolute atomic E-state index is 6.32. The van der Waals surface area contributed by atoms with Gasteiger partial charge in [0.05, 0.1) is 5.69 Å². The number of ether oxygens (including phenoxy) is 2. The van der Waals surface area contributed by atoms with Crippen molar-refractivity contribution in [2.45, 2.75) is 0 Å². The van der Waals surface area contributed by atoms with Crippen LogP contribution in [0.15, 0.2) is 168 Å². The molecule has 0 amide bonds. The zero-order chi connectivity index (χ0) is 33.5. The van der Waals surface area contributed by atoms with Crippen LogP contribution in [-0.4, -0.2) is 4.98 Å². The van der Waals surface area contributed by atoms with Crippen LogP contribution in [0.5, 0.6) is 23.0 Å². The van der Waals surface area contributed by atoms with Gasteiger partial charge in [0, 0.05) is 28.1 Å². The minimum atomic E-state index is 0.707. The SMILES string of the molecule is c1ccc2c(c1)Oc1ccc(-c3c4ccccc4c(-c4ccc(-c5ccc6oc7cc8ccccc8cc7c6c5)nc4)c4ccccc34)cc1O2. The van der Waals surface area contributed by atoms with Crippen molar-refractivity contribution in [3.05, 3.63) is 164 Å². The lowest BCUT2D eigenvalue weighted by atomic mass is 9.86. The van der Waals surface area contributed by atoms with Gasteiger partial charge in [-0.15, -0.1) is 0 Å². The second kappa shape index (κ2) is 10.8. The minimum absolute atomic E-state index is 0.707. The highest BCUT2D eigenvalue weighted by Gasteiger charge is 2.22. The number of hydrogen-bond acceptors (Lipinski definition) is 4. The van der Waals surface area contributed by atoms with Crippen LogP contribution >= 0.6 is 0 Å². The largest absolute Gasteiger partial charge is 0.456 e. The molecule has 1 aliphatic heterocycles. The second-order valence-corrected chi connectivity index (χ2v) is 13.1. The molecule has 0 fully saturated rings. The van der Waals surface area contributed by atoms with Gasteiger partial charge in [-0.05, 0) is 110 Å². The lowest BCUT2D eigenvalue weighted by Crippen LogP contribution is -1.99. The molecule has 0 radical (unpaired) electrons. The van der Waals surface area contributed by atoms with Crippen LogP contribution < -0.4 is 9.47 Å². The summed E-state index contributed by atoms with van der Waals surface area (Å²) in [4.78, 5) is 5.05. The quantitative estimate of drug-likeness (QED) is 0.178. The van der Waals surface area contributed by atoms with Crippen molar-refractivity contribution in [3.63, 3.8) is 0 Å². The third-order valence-corrected chi connectivity index (χ3v) is 10.1. The summed E-state index contributed by atoms with van der Waals surface area (Å²) in [6.45, 7) is 0. The van der Waals surface area contributed by atoms with Crippen molar-refractivity contribution >= 4 is 54.3 Å². The Morgan fingerprint density at radius 2 is 0.902 bits per heavy atom. The summed E-state index contributed by atoms with van der Waals surface area (Å²) in [5.74, 6) is 2.86. The first kappa shape index (κ1) is 28.0. The molecule has 4 heteroatoms. The highest BCUT2D eigenvalue weighted by molar-refractivity contribution is 6.21. The second-order valence-electron chi connectivity index (χ2n) is 13.1. The van der Waals surface area contributed by atoms with Crippen molar-refractivity contribution in [3.8, 4) is 56.5 Å². The van der Waals surface area contributed by atoms with E-state index >= 15 is 0 Å². The van der Waals surface area contributed by atoms with E-state index in [0.29, 0.717) is 11.5 Å². The van der Waals surface area contributed by atoms with E-state index in [4.69, 9.17) is 18.9 Å². The molecule has 238 valence electrons. The van der Waals surface area contributed by atoms with Crippen molar-refractivity contribution in [2.24, 2.45) is 0 Å². The average Bonchev–Trinajstić information content (AvgIpc) is 3.54. The van der Waals surface area contributed by atoms with E-state index in [1.807, 2.05) is 36.5 Å². The molecular weight excluding hydrogens is 627 g/mol. The Balaban J connectivity index is 1.03. The molecule has 2 aromatic heterocycles. The molecule has 0 N–H and O–H groups in total. The number of rotatable bonds is 3. The topological polar surface area (TPSA) is 44.5 Å². The number of furan rings is 1. The fourth-order valence-electron chi connectivity index (χ4n) is 7.77. The molecule has 10 aromatic rings. The van der Waals surface area contributed by atoms with E-state index in [1.165, 1.54) is 27.1 Å². The van der Waals surface area contributed by atoms with E-state index in [1.54, 1.807) is 0 Å². The molecule has 51 heavy (non-hydrogen) atoms. The van der Waals surface area contributed by atoms with Crippen LogP contribution in [-0.2, 0) is 0 Å². The Hall–Kier alpha value is -6.91. The van der Waals surface area contributed by atoms with Gasteiger partial charge in [-0.1, -0.05) is 97.1 Å². The fourth-order valence-corrected chi connectivity index (χ4v) is 7.77. The van der Waals surface area contributed by atoms with Gasteiger partial charge in [0.1, 0.15) is 11.2 Å². The first-order valence-electron chi connectivity index (χ1n) is 17.1. The zero-order valence-corrected chi connectivity index (χ0v) is 27.3.